The Morgan fingerprint density at radius 3 is 2.55 bits per heavy atom. The van der Waals surface area contributed by atoms with E-state index >= 15 is 0 Å². The van der Waals surface area contributed by atoms with Crippen molar-refractivity contribution in [1.29, 1.82) is 0 Å². The fraction of sp³-hybridized carbons (Fsp3) is 0.250. The summed E-state index contributed by atoms with van der Waals surface area (Å²) in [6.45, 7) is 1.58. The van der Waals surface area contributed by atoms with Crippen LogP contribution in [-0.2, 0) is 20.6 Å². The first-order valence-corrected chi connectivity index (χ1v) is 8.57. The smallest absolute Gasteiger partial charge is 0.398 e. The number of rotatable bonds is 7. The lowest BCUT2D eigenvalue weighted by molar-refractivity contribution is -0.137. The molecule has 1 atom stereocenters. The second-order valence-corrected chi connectivity index (χ2v) is 5.89. The Labute approximate surface area is 166 Å². The van der Waals surface area contributed by atoms with Gasteiger partial charge in [-0.15, -0.1) is 0 Å². The molecule has 0 aliphatic heterocycles. The zero-order valence-electron chi connectivity index (χ0n) is 16.0. The second-order valence-electron chi connectivity index (χ2n) is 5.89. The highest BCUT2D eigenvalue weighted by Crippen LogP contribution is 2.31. The zero-order chi connectivity index (χ0) is 21.4. The molecular formula is C20H20F3N3O3. The van der Waals surface area contributed by atoms with Crippen molar-refractivity contribution >= 4 is 17.8 Å². The minimum Gasteiger partial charge on any atom is -0.398 e. The van der Waals surface area contributed by atoms with E-state index in [0.29, 0.717) is 16.7 Å². The summed E-state index contributed by atoms with van der Waals surface area (Å²) in [5, 5.41) is 10.1. The molecule has 0 saturated heterocycles. The van der Waals surface area contributed by atoms with E-state index in [1.54, 1.807) is 31.2 Å². The van der Waals surface area contributed by atoms with Crippen LogP contribution in [0, 0.1) is 0 Å². The molecule has 0 aromatic heterocycles. The number of nitrogens with zero attached hydrogens (tertiary/aromatic N) is 2. The maximum absolute atomic E-state index is 12.9. The maximum Gasteiger partial charge on any atom is 0.416 e. The summed E-state index contributed by atoms with van der Waals surface area (Å²) in [7, 11) is 2.78. The van der Waals surface area contributed by atoms with Crippen molar-refractivity contribution in [2.24, 2.45) is 10.3 Å². The number of halogens is 3. The van der Waals surface area contributed by atoms with Gasteiger partial charge in [0.15, 0.2) is 5.71 Å². The van der Waals surface area contributed by atoms with Crippen LogP contribution in [0.2, 0.25) is 0 Å². The predicted molar refractivity (Wildman–Crippen MR) is 103 cm³/mol. The van der Waals surface area contributed by atoms with Crippen LogP contribution < -0.4 is 5.32 Å². The van der Waals surface area contributed by atoms with Gasteiger partial charge in [-0.3, -0.25) is 4.79 Å². The molecule has 0 bridgehead atoms. The van der Waals surface area contributed by atoms with Gasteiger partial charge in [-0.2, -0.15) is 13.2 Å². The number of likely N-dealkylation sites (N-methyl/N-ethyl adjacent to an activating group) is 1. The van der Waals surface area contributed by atoms with Crippen molar-refractivity contribution in [1.82, 2.24) is 5.32 Å². The van der Waals surface area contributed by atoms with Crippen LogP contribution in [-0.4, -0.2) is 32.0 Å². The van der Waals surface area contributed by atoms with E-state index in [4.69, 9.17) is 9.68 Å². The lowest BCUT2D eigenvalue weighted by atomic mass is 10.0. The van der Waals surface area contributed by atoms with Gasteiger partial charge >= 0.3 is 6.18 Å². The van der Waals surface area contributed by atoms with Crippen molar-refractivity contribution in [2.75, 3.05) is 14.2 Å². The third kappa shape index (κ3) is 5.81. The van der Waals surface area contributed by atoms with E-state index in [1.807, 2.05) is 0 Å². The van der Waals surface area contributed by atoms with Crippen molar-refractivity contribution in [3.63, 3.8) is 0 Å². The van der Waals surface area contributed by atoms with E-state index in [0.717, 1.165) is 12.1 Å². The highest BCUT2D eigenvalue weighted by Gasteiger charge is 2.30. The summed E-state index contributed by atoms with van der Waals surface area (Å²) in [4.78, 5) is 22.1. The van der Waals surface area contributed by atoms with Crippen LogP contribution in [0.3, 0.4) is 0 Å². The lowest BCUT2D eigenvalue weighted by Crippen LogP contribution is -2.29. The number of alkyl halides is 3. The molecule has 2 aromatic carbocycles. The van der Waals surface area contributed by atoms with Gasteiger partial charge in [0.1, 0.15) is 13.2 Å². The molecule has 29 heavy (non-hydrogen) atoms. The molecule has 2 rings (SSSR count). The minimum atomic E-state index is -4.44. The van der Waals surface area contributed by atoms with Gasteiger partial charge in [0, 0.05) is 18.2 Å². The minimum absolute atomic E-state index is 0.0444. The van der Waals surface area contributed by atoms with Gasteiger partial charge in [0.2, 0.25) is 0 Å². The van der Waals surface area contributed by atoms with Crippen LogP contribution in [0.5, 0.6) is 0 Å². The molecule has 0 saturated carbocycles. The fourth-order valence-corrected chi connectivity index (χ4v) is 2.46. The number of amides is 1. The number of benzene rings is 2. The number of hydrogen-bond donors (Lipinski definition) is 1. The normalized spacial score (nSPS) is 13.2. The molecule has 0 unspecified atom stereocenters. The number of carbonyl (C=O) groups is 1. The summed E-state index contributed by atoms with van der Waals surface area (Å²) in [5.41, 5.74) is 0.585. The summed E-state index contributed by atoms with van der Waals surface area (Å²) >= 11 is 0. The number of carbonyl (C=O) groups excluding carboxylic acids is 1. The largest absolute Gasteiger partial charge is 0.416 e. The lowest BCUT2D eigenvalue weighted by Gasteiger charge is -2.13. The third-order valence-corrected chi connectivity index (χ3v) is 3.93. The summed E-state index contributed by atoms with van der Waals surface area (Å²) in [6.07, 6.45) is -3.80. The molecule has 1 amide bonds. The SMILES string of the molecule is CNC(=O)C(=NOC)c1ccccc1C=NO[C@@H](C)c1cccc(C(F)(F)F)c1. The van der Waals surface area contributed by atoms with E-state index in [-0.39, 0.29) is 5.71 Å². The Bertz CT molecular complexity index is 911. The molecule has 2 aromatic rings. The summed E-state index contributed by atoms with van der Waals surface area (Å²) < 4.78 is 38.6. The van der Waals surface area contributed by atoms with Gasteiger partial charge in [0.25, 0.3) is 5.91 Å². The molecule has 0 spiro atoms. The van der Waals surface area contributed by atoms with Crippen molar-refractivity contribution in [3.8, 4) is 0 Å². The standard InChI is InChI=1S/C20H20F3N3O3/c1-13(14-8-6-9-16(11-14)20(21,22)23)29-25-12-15-7-4-5-10-17(15)18(26-28-3)19(27)24-2/h4-13H,1-3H3,(H,24,27)/t13-/m0/s1. The highest BCUT2D eigenvalue weighted by molar-refractivity contribution is 6.46. The van der Waals surface area contributed by atoms with E-state index in [9.17, 15) is 18.0 Å². The summed E-state index contributed by atoms with van der Waals surface area (Å²) in [6, 6.07) is 11.6. The van der Waals surface area contributed by atoms with Gasteiger partial charge in [0.05, 0.1) is 11.8 Å². The maximum atomic E-state index is 12.9. The molecule has 9 heteroatoms. The molecule has 1 N–H and O–H groups in total. The van der Waals surface area contributed by atoms with E-state index in [2.05, 4.69) is 15.6 Å². The predicted octanol–water partition coefficient (Wildman–Crippen LogP) is 3.91. The first kappa shape index (κ1) is 21.9. The van der Waals surface area contributed by atoms with Gasteiger partial charge < -0.3 is 15.0 Å². The monoisotopic (exact) mass is 407 g/mol. The Hall–Kier alpha value is -3.36. The second kappa shape index (κ2) is 9.72. The van der Waals surface area contributed by atoms with Gasteiger partial charge in [-0.1, -0.05) is 46.7 Å². The first-order chi connectivity index (χ1) is 13.8. The Balaban J connectivity index is 2.21. The fourth-order valence-electron chi connectivity index (χ4n) is 2.46. The van der Waals surface area contributed by atoms with Crippen LogP contribution in [0.1, 0.15) is 35.3 Å². The number of hydrogen-bond acceptors (Lipinski definition) is 5. The Kier molecular flexibility index (Phi) is 7.35. The molecule has 0 aliphatic carbocycles. The number of oxime groups is 2. The number of nitrogens with one attached hydrogen (secondary N) is 1. The van der Waals surface area contributed by atoms with Gasteiger partial charge in [-0.05, 0) is 24.6 Å². The molecule has 0 aliphatic rings. The quantitative estimate of drug-likeness (QED) is 0.559. The topological polar surface area (TPSA) is 72.3 Å². The average Bonchev–Trinajstić information content (AvgIpc) is 2.71. The van der Waals surface area contributed by atoms with Crippen molar-refractivity contribution < 1.29 is 27.6 Å². The van der Waals surface area contributed by atoms with Crippen LogP contribution >= 0.6 is 0 Å². The van der Waals surface area contributed by atoms with Crippen molar-refractivity contribution in [2.45, 2.75) is 19.2 Å². The molecule has 0 heterocycles. The van der Waals surface area contributed by atoms with Gasteiger partial charge in [-0.25, -0.2) is 0 Å². The van der Waals surface area contributed by atoms with Crippen LogP contribution in [0.4, 0.5) is 13.2 Å². The van der Waals surface area contributed by atoms with Crippen LogP contribution in [0.25, 0.3) is 0 Å². The van der Waals surface area contributed by atoms with E-state index in [1.165, 1.54) is 32.5 Å². The molecular weight excluding hydrogens is 387 g/mol. The Morgan fingerprint density at radius 2 is 1.90 bits per heavy atom. The third-order valence-electron chi connectivity index (χ3n) is 3.93. The molecule has 6 nitrogen and oxygen atoms in total. The highest BCUT2D eigenvalue weighted by atomic mass is 19.4. The average molecular weight is 407 g/mol. The zero-order valence-corrected chi connectivity index (χ0v) is 16.0. The van der Waals surface area contributed by atoms with Crippen LogP contribution in [0.15, 0.2) is 58.8 Å². The molecule has 154 valence electrons. The Morgan fingerprint density at radius 1 is 1.17 bits per heavy atom. The molecule has 0 radical (unpaired) electrons. The van der Waals surface area contributed by atoms with E-state index < -0.39 is 23.8 Å². The summed E-state index contributed by atoms with van der Waals surface area (Å²) in [5.74, 6) is -0.453. The molecule has 0 fully saturated rings. The van der Waals surface area contributed by atoms with Crippen molar-refractivity contribution in [3.05, 3.63) is 70.8 Å². The first-order valence-electron chi connectivity index (χ1n) is 8.57.